The second-order valence-corrected chi connectivity index (χ2v) is 5.03. The summed E-state index contributed by atoms with van der Waals surface area (Å²) in [5, 5.41) is 3.45. The van der Waals surface area contributed by atoms with Crippen LogP contribution in [0.25, 0.3) is 0 Å². The fourth-order valence-electron chi connectivity index (χ4n) is 2.21. The topological polar surface area (TPSA) is 28.2 Å². The third-order valence-corrected chi connectivity index (χ3v) is 3.35. The summed E-state index contributed by atoms with van der Waals surface area (Å²) in [7, 11) is 2.10. The van der Waals surface area contributed by atoms with Crippen molar-refractivity contribution in [1.82, 2.24) is 10.3 Å². The highest BCUT2D eigenvalue weighted by Gasteiger charge is 2.10. The summed E-state index contributed by atoms with van der Waals surface area (Å²) in [5.74, 6) is 0. The van der Waals surface area contributed by atoms with Crippen LogP contribution in [0.2, 0.25) is 0 Å². The summed E-state index contributed by atoms with van der Waals surface area (Å²) in [6.07, 6.45) is 3.12. The van der Waals surface area contributed by atoms with Crippen LogP contribution in [-0.4, -0.2) is 18.6 Å². The molecule has 0 saturated carbocycles. The Hall–Kier alpha value is -1.87. The minimum atomic E-state index is 0.855. The molecule has 0 aliphatic rings. The van der Waals surface area contributed by atoms with Gasteiger partial charge < -0.3 is 10.2 Å². The van der Waals surface area contributed by atoms with E-state index in [0.29, 0.717) is 0 Å². The number of rotatable bonds is 6. The molecular formula is C17H23N3. The lowest BCUT2D eigenvalue weighted by Gasteiger charge is -2.23. The molecule has 0 saturated heterocycles. The van der Waals surface area contributed by atoms with Gasteiger partial charge in [-0.3, -0.25) is 4.98 Å². The molecule has 0 radical (unpaired) electrons. The molecule has 0 aliphatic carbocycles. The number of pyridine rings is 1. The van der Waals surface area contributed by atoms with E-state index in [9.17, 15) is 0 Å². The predicted octanol–water partition coefficient (Wildman–Crippen LogP) is 3.66. The monoisotopic (exact) mass is 269 g/mol. The smallest absolute Gasteiger partial charge is 0.0487 e. The van der Waals surface area contributed by atoms with E-state index in [1.807, 2.05) is 19.2 Å². The average molecular weight is 269 g/mol. The molecule has 2 aromatic rings. The Morgan fingerprint density at radius 3 is 2.65 bits per heavy atom. The van der Waals surface area contributed by atoms with Crippen molar-refractivity contribution in [3.63, 3.8) is 0 Å². The summed E-state index contributed by atoms with van der Waals surface area (Å²) in [4.78, 5) is 6.65. The van der Waals surface area contributed by atoms with Crippen molar-refractivity contribution < 1.29 is 0 Å². The molecule has 3 heteroatoms. The van der Waals surface area contributed by atoms with Gasteiger partial charge in [0, 0.05) is 42.4 Å². The summed E-state index contributed by atoms with van der Waals surface area (Å²) in [6.45, 7) is 6.10. The number of benzene rings is 1. The average Bonchev–Trinajstić information content (AvgIpc) is 2.49. The van der Waals surface area contributed by atoms with E-state index in [-0.39, 0.29) is 0 Å². The van der Waals surface area contributed by atoms with Crippen LogP contribution in [0.3, 0.4) is 0 Å². The second-order valence-electron chi connectivity index (χ2n) is 5.03. The van der Waals surface area contributed by atoms with Crippen LogP contribution in [0.15, 0.2) is 42.6 Å². The Bertz CT molecular complexity index is 537. The Morgan fingerprint density at radius 2 is 1.95 bits per heavy atom. The zero-order valence-electron chi connectivity index (χ0n) is 12.6. The molecule has 0 unspecified atom stereocenters. The lowest BCUT2D eigenvalue weighted by Crippen LogP contribution is -2.18. The van der Waals surface area contributed by atoms with Crippen molar-refractivity contribution >= 4 is 11.4 Å². The number of anilines is 2. The Kier molecular flexibility index (Phi) is 5.13. The lowest BCUT2D eigenvalue weighted by molar-refractivity contribution is 0.673. The van der Waals surface area contributed by atoms with E-state index < -0.39 is 0 Å². The first-order valence-electron chi connectivity index (χ1n) is 7.17. The van der Waals surface area contributed by atoms with Crippen molar-refractivity contribution in [1.29, 1.82) is 0 Å². The van der Waals surface area contributed by atoms with Gasteiger partial charge in [-0.25, -0.2) is 0 Å². The summed E-state index contributed by atoms with van der Waals surface area (Å²) in [6, 6.07) is 12.6. The maximum atomic E-state index is 4.43. The van der Waals surface area contributed by atoms with Crippen molar-refractivity contribution in [3.05, 3.63) is 53.9 Å². The van der Waals surface area contributed by atoms with Gasteiger partial charge in [-0.1, -0.05) is 25.1 Å². The molecule has 0 bridgehead atoms. The van der Waals surface area contributed by atoms with Crippen molar-refractivity contribution in [2.24, 2.45) is 0 Å². The van der Waals surface area contributed by atoms with E-state index in [1.165, 1.54) is 16.9 Å². The van der Waals surface area contributed by atoms with Crippen molar-refractivity contribution in [2.75, 3.05) is 18.5 Å². The largest absolute Gasteiger partial charge is 0.344 e. The van der Waals surface area contributed by atoms with Crippen LogP contribution in [-0.2, 0) is 6.54 Å². The predicted molar refractivity (Wildman–Crippen MR) is 85.5 cm³/mol. The van der Waals surface area contributed by atoms with Gasteiger partial charge >= 0.3 is 0 Å². The number of aryl methyl sites for hydroxylation is 1. The summed E-state index contributed by atoms with van der Waals surface area (Å²) in [5.41, 5.74) is 4.68. The molecule has 1 N–H and O–H groups in total. The van der Waals surface area contributed by atoms with E-state index >= 15 is 0 Å². The molecule has 1 heterocycles. The number of para-hydroxylation sites is 1. The standard InChI is InChI=1S/C17H23N3/c1-4-10-18-12-15-13-19-14(2)11-17(15)20(3)16-8-6-5-7-9-16/h5-9,11,13,18H,4,10,12H2,1-3H3. The maximum absolute atomic E-state index is 4.43. The molecule has 0 spiro atoms. The highest BCUT2D eigenvalue weighted by Crippen LogP contribution is 2.27. The number of hydrogen-bond donors (Lipinski definition) is 1. The zero-order valence-corrected chi connectivity index (χ0v) is 12.6. The molecule has 1 aromatic carbocycles. The summed E-state index contributed by atoms with van der Waals surface area (Å²) >= 11 is 0. The van der Waals surface area contributed by atoms with Gasteiger partial charge in [-0.2, -0.15) is 0 Å². The molecule has 3 nitrogen and oxygen atoms in total. The van der Waals surface area contributed by atoms with Gasteiger partial charge in [0.15, 0.2) is 0 Å². The van der Waals surface area contributed by atoms with Crippen LogP contribution < -0.4 is 10.2 Å². The van der Waals surface area contributed by atoms with Crippen LogP contribution in [0.5, 0.6) is 0 Å². The van der Waals surface area contributed by atoms with E-state index in [0.717, 1.165) is 25.2 Å². The Labute approximate surface area is 121 Å². The highest BCUT2D eigenvalue weighted by atomic mass is 15.1. The lowest BCUT2D eigenvalue weighted by atomic mass is 10.1. The number of nitrogens with one attached hydrogen (secondary N) is 1. The Morgan fingerprint density at radius 1 is 1.20 bits per heavy atom. The van der Waals surface area contributed by atoms with Crippen LogP contribution in [0.4, 0.5) is 11.4 Å². The quantitative estimate of drug-likeness (QED) is 0.811. The molecule has 20 heavy (non-hydrogen) atoms. The zero-order chi connectivity index (χ0) is 14.4. The first kappa shape index (κ1) is 14.5. The van der Waals surface area contributed by atoms with Gasteiger partial charge in [0.05, 0.1) is 0 Å². The van der Waals surface area contributed by atoms with Gasteiger partial charge in [-0.05, 0) is 38.1 Å². The van der Waals surface area contributed by atoms with E-state index in [2.05, 4.69) is 59.5 Å². The minimum Gasteiger partial charge on any atom is -0.344 e. The third kappa shape index (κ3) is 3.58. The van der Waals surface area contributed by atoms with Crippen LogP contribution in [0.1, 0.15) is 24.6 Å². The van der Waals surface area contributed by atoms with Crippen molar-refractivity contribution in [2.45, 2.75) is 26.8 Å². The molecule has 106 valence electrons. The van der Waals surface area contributed by atoms with E-state index in [4.69, 9.17) is 0 Å². The fraction of sp³-hybridized carbons (Fsp3) is 0.353. The molecule has 2 rings (SSSR count). The normalized spacial score (nSPS) is 10.6. The van der Waals surface area contributed by atoms with Gasteiger partial charge in [0.25, 0.3) is 0 Å². The van der Waals surface area contributed by atoms with Crippen LogP contribution >= 0.6 is 0 Å². The molecule has 0 fully saturated rings. The first-order valence-corrected chi connectivity index (χ1v) is 7.17. The molecular weight excluding hydrogens is 246 g/mol. The first-order chi connectivity index (χ1) is 9.72. The minimum absolute atomic E-state index is 0.855. The fourth-order valence-corrected chi connectivity index (χ4v) is 2.21. The number of aromatic nitrogens is 1. The SMILES string of the molecule is CCCNCc1cnc(C)cc1N(C)c1ccccc1. The molecule has 1 aromatic heterocycles. The summed E-state index contributed by atoms with van der Waals surface area (Å²) < 4.78 is 0. The second kappa shape index (κ2) is 7.06. The molecule has 0 aliphatic heterocycles. The van der Waals surface area contributed by atoms with Crippen molar-refractivity contribution in [3.8, 4) is 0 Å². The number of nitrogens with zero attached hydrogens (tertiary/aromatic N) is 2. The van der Waals surface area contributed by atoms with E-state index in [1.54, 1.807) is 0 Å². The maximum Gasteiger partial charge on any atom is 0.0487 e. The van der Waals surface area contributed by atoms with Crippen LogP contribution in [0, 0.1) is 6.92 Å². The molecule has 0 atom stereocenters. The number of hydrogen-bond acceptors (Lipinski definition) is 3. The highest BCUT2D eigenvalue weighted by molar-refractivity contribution is 5.65. The van der Waals surface area contributed by atoms with Gasteiger partial charge in [-0.15, -0.1) is 0 Å². The van der Waals surface area contributed by atoms with Gasteiger partial charge in [0.2, 0.25) is 0 Å². The Balaban J connectivity index is 2.26. The molecule has 0 amide bonds. The van der Waals surface area contributed by atoms with Gasteiger partial charge in [0.1, 0.15) is 0 Å². The third-order valence-electron chi connectivity index (χ3n) is 3.35.